The fourth-order valence-corrected chi connectivity index (χ4v) is 5.99. The maximum Gasteiger partial charge on any atom is 0.220 e. The Labute approximate surface area is 184 Å². The molecule has 1 N–H and O–H groups in total. The number of carbonyl (C=O) groups excluding carboxylic acids is 1. The summed E-state index contributed by atoms with van der Waals surface area (Å²) in [5, 5.41) is 4.23. The molecule has 5 nitrogen and oxygen atoms in total. The summed E-state index contributed by atoms with van der Waals surface area (Å²) < 4.78 is 2.54. The van der Waals surface area contributed by atoms with Gasteiger partial charge in [0.25, 0.3) is 0 Å². The zero-order valence-electron chi connectivity index (χ0n) is 18.8. The monoisotopic (exact) mass is 416 g/mol. The maximum atomic E-state index is 12.4. The number of aromatic nitrogens is 2. The van der Waals surface area contributed by atoms with Gasteiger partial charge in [-0.15, -0.1) is 0 Å². The van der Waals surface area contributed by atoms with Crippen LogP contribution in [0.15, 0.2) is 42.7 Å². The minimum Gasteiger partial charge on any atom is -0.359 e. The van der Waals surface area contributed by atoms with Crippen LogP contribution in [0.5, 0.6) is 0 Å². The Morgan fingerprint density at radius 1 is 1.23 bits per heavy atom. The van der Waals surface area contributed by atoms with Gasteiger partial charge in [0, 0.05) is 73.4 Å². The Kier molecular flexibility index (Phi) is 5.30. The Morgan fingerprint density at radius 2 is 2.03 bits per heavy atom. The standard InChI is InChI=1S/C26H32N4O/c1-4-29-20-6-8-23(29)26-21-13-17(2)5-7-22(21)30(24(26)15-20)16-19(14-25(31)27-3)18-9-11-28-12-10-18/h5,7,9-13,19-20,23H,4,6,8,14-16H2,1-3H3,(H,27,31). The maximum absolute atomic E-state index is 12.4. The summed E-state index contributed by atoms with van der Waals surface area (Å²) in [6.45, 7) is 6.41. The lowest BCUT2D eigenvalue weighted by Gasteiger charge is -2.35. The van der Waals surface area contributed by atoms with Crippen molar-refractivity contribution in [2.24, 2.45) is 0 Å². The van der Waals surface area contributed by atoms with E-state index in [1.54, 1.807) is 12.6 Å². The molecule has 4 heterocycles. The molecule has 3 atom stereocenters. The Balaban J connectivity index is 1.63. The lowest BCUT2D eigenvalue weighted by Crippen LogP contribution is -2.37. The van der Waals surface area contributed by atoms with Gasteiger partial charge in [-0.1, -0.05) is 18.6 Å². The summed E-state index contributed by atoms with van der Waals surface area (Å²) in [4.78, 5) is 19.3. The molecule has 31 heavy (non-hydrogen) atoms. The van der Waals surface area contributed by atoms with Crippen LogP contribution < -0.4 is 5.32 Å². The molecule has 2 bridgehead atoms. The third-order valence-electron chi connectivity index (χ3n) is 7.43. The summed E-state index contributed by atoms with van der Waals surface area (Å²) in [6.07, 6.45) is 7.79. The number of rotatable bonds is 6. The van der Waals surface area contributed by atoms with E-state index in [-0.39, 0.29) is 11.8 Å². The van der Waals surface area contributed by atoms with E-state index < -0.39 is 0 Å². The van der Waals surface area contributed by atoms with Crippen LogP contribution >= 0.6 is 0 Å². The molecule has 1 aromatic carbocycles. The van der Waals surface area contributed by atoms with E-state index in [1.165, 1.54) is 40.6 Å². The highest BCUT2D eigenvalue weighted by Gasteiger charge is 2.42. The van der Waals surface area contributed by atoms with Gasteiger partial charge in [0.1, 0.15) is 0 Å². The van der Waals surface area contributed by atoms with Crippen molar-refractivity contribution in [3.8, 4) is 0 Å². The highest BCUT2D eigenvalue weighted by Crippen LogP contribution is 2.48. The molecular formula is C26H32N4O. The predicted octanol–water partition coefficient (Wildman–Crippen LogP) is 4.35. The molecule has 2 aromatic heterocycles. The highest BCUT2D eigenvalue weighted by molar-refractivity contribution is 5.87. The normalized spacial score (nSPS) is 21.3. The number of nitrogens with zero attached hydrogens (tertiary/aromatic N) is 3. The average Bonchev–Trinajstić information content (AvgIpc) is 3.25. The zero-order chi connectivity index (χ0) is 21.5. The number of hydrogen-bond donors (Lipinski definition) is 1. The van der Waals surface area contributed by atoms with Crippen molar-refractivity contribution >= 4 is 16.8 Å². The number of benzene rings is 1. The minimum absolute atomic E-state index is 0.0835. The van der Waals surface area contributed by atoms with Gasteiger partial charge in [0.2, 0.25) is 5.91 Å². The van der Waals surface area contributed by atoms with Gasteiger partial charge in [-0.3, -0.25) is 14.7 Å². The Hall–Kier alpha value is -2.66. The van der Waals surface area contributed by atoms with Gasteiger partial charge in [0.05, 0.1) is 0 Å². The average molecular weight is 417 g/mol. The quantitative estimate of drug-likeness (QED) is 0.650. The molecule has 5 rings (SSSR count). The van der Waals surface area contributed by atoms with Crippen LogP contribution in [0.1, 0.15) is 60.5 Å². The fourth-order valence-electron chi connectivity index (χ4n) is 5.99. The van der Waals surface area contributed by atoms with Crippen LogP contribution in [0, 0.1) is 6.92 Å². The number of nitrogens with one attached hydrogen (secondary N) is 1. The Bertz CT molecular complexity index is 1100. The first-order valence-corrected chi connectivity index (χ1v) is 11.6. The number of amides is 1. The summed E-state index contributed by atoms with van der Waals surface area (Å²) in [5.41, 5.74) is 6.84. The zero-order valence-corrected chi connectivity index (χ0v) is 18.8. The van der Waals surface area contributed by atoms with E-state index in [9.17, 15) is 4.79 Å². The predicted molar refractivity (Wildman–Crippen MR) is 124 cm³/mol. The number of pyridine rings is 1. The van der Waals surface area contributed by atoms with Crippen LogP contribution in [0.25, 0.3) is 10.9 Å². The van der Waals surface area contributed by atoms with Gasteiger partial charge in [-0.25, -0.2) is 0 Å². The van der Waals surface area contributed by atoms with Crippen LogP contribution in [0.4, 0.5) is 0 Å². The lowest BCUT2D eigenvalue weighted by atomic mass is 9.94. The summed E-state index contributed by atoms with van der Waals surface area (Å²) in [7, 11) is 1.72. The van der Waals surface area contributed by atoms with E-state index in [2.05, 4.69) is 63.9 Å². The first-order valence-electron chi connectivity index (χ1n) is 11.6. The topological polar surface area (TPSA) is 50.2 Å². The number of carbonyl (C=O) groups is 1. The van der Waals surface area contributed by atoms with E-state index in [0.29, 0.717) is 18.5 Å². The molecule has 3 aromatic rings. The largest absolute Gasteiger partial charge is 0.359 e. The number of fused-ring (bicyclic) bond motifs is 6. The van der Waals surface area contributed by atoms with E-state index >= 15 is 0 Å². The minimum atomic E-state index is 0.0835. The summed E-state index contributed by atoms with van der Waals surface area (Å²) in [5.74, 6) is 0.200. The first-order chi connectivity index (χ1) is 15.1. The number of aryl methyl sites for hydroxylation is 1. The highest BCUT2D eigenvalue weighted by atomic mass is 16.1. The second-order valence-corrected chi connectivity index (χ2v) is 9.13. The van der Waals surface area contributed by atoms with Crippen LogP contribution in [-0.4, -0.2) is 40.0 Å². The molecule has 5 heteroatoms. The van der Waals surface area contributed by atoms with Crippen molar-refractivity contribution in [2.75, 3.05) is 13.6 Å². The van der Waals surface area contributed by atoms with Crippen molar-refractivity contribution in [2.45, 2.75) is 64.1 Å². The van der Waals surface area contributed by atoms with Crippen LogP contribution in [0.3, 0.4) is 0 Å². The second kappa shape index (κ2) is 8.12. The lowest BCUT2D eigenvalue weighted by molar-refractivity contribution is -0.121. The molecule has 0 saturated carbocycles. The summed E-state index contributed by atoms with van der Waals surface area (Å²) >= 11 is 0. The molecule has 1 fully saturated rings. The van der Waals surface area contributed by atoms with Gasteiger partial charge in [-0.05, 0) is 61.7 Å². The fraction of sp³-hybridized carbons (Fsp3) is 0.462. The van der Waals surface area contributed by atoms with E-state index in [4.69, 9.17) is 0 Å². The van der Waals surface area contributed by atoms with Crippen LogP contribution in [-0.2, 0) is 17.8 Å². The molecule has 2 aliphatic rings. The third kappa shape index (κ3) is 3.45. The smallest absolute Gasteiger partial charge is 0.220 e. The van der Waals surface area contributed by atoms with Gasteiger partial charge >= 0.3 is 0 Å². The van der Waals surface area contributed by atoms with Gasteiger partial charge in [-0.2, -0.15) is 0 Å². The molecule has 1 saturated heterocycles. The van der Waals surface area contributed by atoms with Crippen molar-refractivity contribution in [3.63, 3.8) is 0 Å². The van der Waals surface area contributed by atoms with Crippen molar-refractivity contribution in [1.29, 1.82) is 0 Å². The molecular weight excluding hydrogens is 384 g/mol. The molecule has 0 spiro atoms. The molecule has 2 aliphatic heterocycles. The van der Waals surface area contributed by atoms with E-state index in [0.717, 1.165) is 19.5 Å². The van der Waals surface area contributed by atoms with Gasteiger partial charge in [0.15, 0.2) is 0 Å². The van der Waals surface area contributed by atoms with E-state index in [1.807, 2.05) is 12.4 Å². The molecule has 162 valence electrons. The second-order valence-electron chi connectivity index (χ2n) is 9.13. The number of hydrogen-bond acceptors (Lipinski definition) is 3. The molecule has 1 amide bonds. The third-order valence-corrected chi connectivity index (χ3v) is 7.43. The van der Waals surface area contributed by atoms with Crippen molar-refractivity contribution < 1.29 is 4.79 Å². The van der Waals surface area contributed by atoms with Crippen LogP contribution in [0.2, 0.25) is 0 Å². The van der Waals surface area contributed by atoms with Crippen molar-refractivity contribution in [1.82, 2.24) is 19.8 Å². The first kappa shape index (κ1) is 20.3. The summed E-state index contributed by atoms with van der Waals surface area (Å²) in [6, 6.07) is 12.2. The number of likely N-dealkylation sites (N-methyl/N-ethyl adjacent to an activating group) is 1. The Morgan fingerprint density at radius 3 is 2.77 bits per heavy atom. The molecule has 0 radical (unpaired) electrons. The molecule has 0 aliphatic carbocycles. The molecule has 3 unspecified atom stereocenters. The van der Waals surface area contributed by atoms with Gasteiger partial charge < -0.3 is 9.88 Å². The SMILES string of the molecule is CCN1C2CCC1c1c(n(CC(CC(=O)NC)c3ccncc3)c3ccc(C)cc13)C2. The van der Waals surface area contributed by atoms with Crippen molar-refractivity contribution in [3.05, 3.63) is 65.1 Å².